The molecule has 0 aromatic carbocycles. The number of hydrogen-bond acceptors (Lipinski definition) is 7. The summed E-state index contributed by atoms with van der Waals surface area (Å²) in [5.41, 5.74) is 0. The van der Waals surface area contributed by atoms with Gasteiger partial charge in [-0.1, -0.05) is 40.0 Å². The molecule has 0 aliphatic carbocycles. The Hall–Kier alpha value is -0.0800. The van der Waals surface area contributed by atoms with Crippen molar-refractivity contribution in [2.24, 2.45) is 0 Å². The standard InChI is InChI=1S/C14H31O11P3/c1-4-7-10-23-26(17,18)14(13(15)16,27(19,20)24-11-8-5-2)28(21,22)25-12-9-6-3/h4-12H2,1-3H3,(H,15,16)(H,17,18)(H,19,20)(H,21,22). The van der Waals surface area contributed by atoms with E-state index in [1.54, 1.807) is 20.8 Å². The summed E-state index contributed by atoms with van der Waals surface area (Å²) in [6.45, 7) is 3.73. The summed E-state index contributed by atoms with van der Waals surface area (Å²) in [6.07, 6.45) is 2.10. The minimum absolute atomic E-state index is 0.207. The Labute approximate surface area is 165 Å². The van der Waals surface area contributed by atoms with Crippen LogP contribution in [0.15, 0.2) is 0 Å². The fourth-order valence-corrected chi connectivity index (χ4v) is 9.38. The van der Waals surface area contributed by atoms with Crippen LogP contribution in [0.5, 0.6) is 0 Å². The van der Waals surface area contributed by atoms with Gasteiger partial charge in [0.15, 0.2) is 0 Å². The van der Waals surface area contributed by atoms with Crippen molar-refractivity contribution in [2.75, 3.05) is 19.8 Å². The number of carboxylic acids is 1. The molecular weight excluding hydrogens is 437 g/mol. The summed E-state index contributed by atoms with van der Waals surface area (Å²) < 4.78 is 48.5. The van der Waals surface area contributed by atoms with Gasteiger partial charge in [0.1, 0.15) is 0 Å². The van der Waals surface area contributed by atoms with E-state index in [2.05, 4.69) is 13.6 Å². The van der Waals surface area contributed by atoms with Gasteiger partial charge in [-0.05, 0) is 19.3 Å². The normalized spacial score (nSPS) is 20.5. The van der Waals surface area contributed by atoms with Gasteiger partial charge >= 0.3 is 33.4 Å². The van der Waals surface area contributed by atoms with Crippen molar-refractivity contribution in [2.45, 2.75) is 63.9 Å². The number of unbranched alkanes of at least 4 members (excludes halogenated alkanes) is 3. The van der Waals surface area contributed by atoms with Gasteiger partial charge in [0, 0.05) is 0 Å². The lowest BCUT2D eigenvalue weighted by Crippen LogP contribution is -2.40. The Morgan fingerprint density at radius 2 is 0.964 bits per heavy atom. The van der Waals surface area contributed by atoms with Crippen molar-refractivity contribution in [3.8, 4) is 0 Å². The number of carbonyl (C=O) groups is 1. The first-order valence-electron chi connectivity index (χ1n) is 9.03. The van der Waals surface area contributed by atoms with Gasteiger partial charge < -0.3 is 33.4 Å². The topological polar surface area (TPSA) is 177 Å². The molecule has 0 saturated carbocycles. The third-order valence-corrected chi connectivity index (χ3v) is 12.8. The fourth-order valence-electron chi connectivity index (χ4n) is 2.11. The van der Waals surface area contributed by atoms with E-state index < -0.39 is 53.2 Å². The molecule has 4 N–H and O–H groups in total. The van der Waals surface area contributed by atoms with Gasteiger partial charge in [-0.15, -0.1) is 0 Å². The van der Waals surface area contributed by atoms with Crippen LogP contribution in [-0.2, 0) is 32.1 Å². The first-order chi connectivity index (χ1) is 12.9. The average Bonchev–Trinajstić information content (AvgIpc) is 2.54. The summed E-state index contributed by atoms with van der Waals surface area (Å²) >= 11 is 0. The molecule has 0 bridgehead atoms. The van der Waals surface area contributed by atoms with Crippen molar-refractivity contribution < 1.29 is 51.8 Å². The van der Waals surface area contributed by atoms with E-state index in [-0.39, 0.29) is 19.3 Å². The number of carboxylic acid groups (broad SMARTS) is 1. The lowest BCUT2D eigenvalue weighted by atomic mass is 10.4. The maximum atomic E-state index is 12.8. The van der Waals surface area contributed by atoms with Gasteiger partial charge in [0.25, 0.3) is 0 Å². The molecule has 0 heterocycles. The molecule has 0 rings (SSSR count). The van der Waals surface area contributed by atoms with E-state index in [4.69, 9.17) is 0 Å². The first kappa shape index (κ1) is 27.9. The summed E-state index contributed by atoms with van der Waals surface area (Å²) in [7, 11) is -17.2. The molecule has 3 unspecified atom stereocenters. The molecule has 28 heavy (non-hydrogen) atoms. The Bertz CT molecular complexity index is 562. The second-order valence-electron chi connectivity index (χ2n) is 6.06. The largest absolute Gasteiger partial charge is 0.479 e. The molecule has 0 aromatic rings. The van der Waals surface area contributed by atoms with Crippen molar-refractivity contribution >= 4 is 28.8 Å². The van der Waals surface area contributed by atoms with Crippen LogP contribution in [0.3, 0.4) is 0 Å². The molecule has 0 fully saturated rings. The van der Waals surface area contributed by atoms with Crippen LogP contribution in [0.2, 0.25) is 0 Å². The number of hydrogen-bond donors (Lipinski definition) is 4. The Balaban J connectivity index is 6.43. The second kappa shape index (κ2) is 11.9. The van der Waals surface area contributed by atoms with Crippen LogP contribution in [0, 0.1) is 0 Å². The third kappa shape index (κ3) is 6.21. The monoisotopic (exact) mass is 468 g/mol. The Morgan fingerprint density at radius 3 is 1.14 bits per heavy atom. The number of aliphatic carboxylic acids is 1. The van der Waals surface area contributed by atoms with Crippen LogP contribution in [0.4, 0.5) is 0 Å². The quantitative estimate of drug-likeness (QED) is 0.192. The SMILES string of the molecule is CCCCOP(=O)(O)C(C(=O)O)(P(=O)(O)OCCCC)P(=O)(O)OCCCC. The smallest absolute Gasteiger partial charge is 0.370 e. The first-order valence-corrected chi connectivity index (χ1v) is 13.8. The molecular formula is C14H31O11P3. The average molecular weight is 468 g/mol. The highest BCUT2D eigenvalue weighted by Gasteiger charge is 2.80. The summed E-state index contributed by atoms with van der Waals surface area (Å²) in [5, 5.41) is 9.66. The molecule has 3 atom stereocenters. The van der Waals surface area contributed by atoms with Crippen LogP contribution >= 0.6 is 22.8 Å². The molecule has 0 amide bonds. The molecule has 0 radical (unpaired) electrons. The minimum Gasteiger partial charge on any atom is -0.479 e. The third-order valence-electron chi connectivity index (χ3n) is 3.76. The van der Waals surface area contributed by atoms with E-state index in [9.17, 15) is 38.3 Å². The van der Waals surface area contributed by atoms with Gasteiger partial charge in [-0.2, -0.15) is 0 Å². The highest BCUT2D eigenvalue weighted by molar-refractivity contribution is 7.91. The molecule has 0 aromatic heterocycles. The van der Waals surface area contributed by atoms with Gasteiger partial charge in [-0.25, -0.2) is 4.79 Å². The van der Waals surface area contributed by atoms with Crippen LogP contribution < -0.4 is 0 Å². The lowest BCUT2D eigenvalue weighted by molar-refractivity contribution is -0.137. The van der Waals surface area contributed by atoms with Gasteiger partial charge in [-0.3, -0.25) is 13.7 Å². The highest BCUT2D eigenvalue weighted by atomic mass is 31.3. The number of rotatable bonds is 16. The Kier molecular flexibility index (Phi) is 11.9. The van der Waals surface area contributed by atoms with Gasteiger partial charge in [0.2, 0.25) is 0 Å². The van der Waals surface area contributed by atoms with E-state index >= 15 is 0 Å². The summed E-state index contributed by atoms with van der Waals surface area (Å²) in [4.78, 5) is 43.0. The van der Waals surface area contributed by atoms with E-state index in [1.165, 1.54) is 0 Å². The van der Waals surface area contributed by atoms with E-state index in [0.717, 1.165) is 0 Å². The molecule has 0 saturated heterocycles. The molecule has 14 heteroatoms. The van der Waals surface area contributed by atoms with Crippen LogP contribution in [-0.4, -0.2) is 50.2 Å². The summed E-state index contributed by atoms with van der Waals surface area (Å²) in [6, 6.07) is 0. The maximum absolute atomic E-state index is 12.8. The highest BCUT2D eigenvalue weighted by Crippen LogP contribution is 2.87. The molecule has 11 nitrogen and oxygen atoms in total. The van der Waals surface area contributed by atoms with Crippen LogP contribution in [0.1, 0.15) is 59.3 Å². The van der Waals surface area contributed by atoms with E-state index in [1.807, 2.05) is 0 Å². The zero-order valence-electron chi connectivity index (χ0n) is 16.4. The summed E-state index contributed by atoms with van der Waals surface area (Å²) in [5.74, 6) is -2.49. The Morgan fingerprint density at radius 1 is 0.714 bits per heavy atom. The predicted octanol–water partition coefficient (Wildman–Crippen LogP) is 3.73. The minimum atomic E-state index is -5.74. The fraction of sp³-hybridized carbons (Fsp3) is 0.929. The van der Waals surface area contributed by atoms with Crippen molar-refractivity contribution in [1.29, 1.82) is 0 Å². The van der Waals surface area contributed by atoms with Crippen molar-refractivity contribution in [1.82, 2.24) is 0 Å². The zero-order chi connectivity index (χ0) is 22.1. The van der Waals surface area contributed by atoms with E-state index in [0.29, 0.717) is 19.3 Å². The molecule has 0 spiro atoms. The van der Waals surface area contributed by atoms with Crippen LogP contribution in [0.25, 0.3) is 0 Å². The van der Waals surface area contributed by atoms with Gasteiger partial charge in [0.05, 0.1) is 19.8 Å². The molecule has 168 valence electrons. The molecule has 0 aliphatic rings. The predicted molar refractivity (Wildman–Crippen MR) is 102 cm³/mol. The van der Waals surface area contributed by atoms with Crippen molar-refractivity contribution in [3.63, 3.8) is 0 Å². The van der Waals surface area contributed by atoms with Crippen molar-refractivity contribution in [3.05, 3.63) is 0 Å². The maximum Gasteiger partial charge on any atom is 0.370 e. The second-order valence-corrected chi connectivity index (χ2v) is 13.0. The lowest BCUT2D eigenvalue weighted by Gasteiger charge is -2.36. The molecule has 0 aliphatic heterocycles. The zero-order valence-corrected chi connectivity index (χ0v) is 19.0.